The quantitative estimate of drug-likeness (QED) is 0.613. The van der Waals surface area contributed by atoms with Crippen molar-refractivity contribution in [1.82, 2.24) is 4.90 Å². The van der Waals surface area contributed by atoms with Crippen LogP contribution in [-0.2, 0) is 9.59 Å². The van der Waals surface area contributed by atoms with Gasteiger partial charge in [0.1, 0.15) is 5.75 Å². The molecule has 1 aromatic rings. The zero-order valence-electron chi connectivity index (χ0n) is 13.1. The number of piperidine rings is 1. The van der Waals surface area contributed by atoms with Crippen LogP contribution in [0.25, 0.3) is 0 Å². The highest BCUT2D eigenvalue weighted by atomic mass is 16.6. The largest absolute Gasteiger partial charge is 0.490 e. The van der Waals surface area contributed by atoms with Gasteiger partial charge in [-0.15, -0.1) is 0 Å². The van der Waals surface area contributed by atoms with Crippen molar-refractivity contribution in [1.29, 1.82) is 0 Å². The van der Waals surface area contributed by atoms with Crippen LogP contribution in [0.4, 0.5) is 5.69 Å². The summed E-state index contributed by atoms with van der Waals surface area (Å²) in [6.45, 7) is 0.532. The Morgan fingerprint density at radius 2 is 2.04 bits per heavy atom. The molecule has 9 heteroatoms. The number of hydrogen-bond donors (Lipinski definition) is 1. The molecule has 0 aromatic heterocycles. The average molecular weight is 338 g/mol. The number of nitro benzene ring substituents is 1. The summed E-state index contributed by atoms with van der Waals surface area (Å²) in [5.41, 5.74) is -0.188. The van der Waals surface area contributed by atoms with Gasteiger partial charge in [0, 0.05) is 25.2 Å². The van der Waals surface area contributed by atoms with Crippen LogP contribution in [-0.4, -0.2) is 53.6 Å². The molecule has 1 heterocycles. The van der Waals surface area contributed by atoms with Crippen LogP contribution in [0.5, 0.6) is 11.5 Å². The molecule has 0 bridgehead atoms. The molecule has 9 nitrogen and oxygen atoms in total. The first kappa shape index (κ1) is 17.5. The second-order valence-corrected chi connectivity index (χ2v) is 5.37. The van der Waals surface area contributed by atoms with Gasteiger partial charge in [0.2, 0.25) is 5.75 Å². The van der Waals surface area contributed by atoms with E-state index in [9.17, 15) is 19.7 Å². The van der Waals surface area contributed by atoms with Crippen LogP contribution >= 0.6 is 0 Å². The fraction of sp³-hybridized carbons (Fsp3) is 0.467. The number of carbonyl (C=O) groups is 2. The summed E-state index contributed by atoms with van der Waals surface area (Å²) in [5, 5.41) is 19.8. The molecule has 1 aliphatic heterocycles. The van der Waals surface area contributed by atoms with Crippen LogP contribution in [0, 0.1) is 16.0 Å². The Morgan fingerprint density at radius 3 is 2.58 bits per heavy atom. The number of amides is 1. The summed E-state index contributed by atoms with van der Waals surface area (Å²) >= 11 is 0. The van der Waals surface area contributed by atoms with Crippen LogP contribution in [0.1, 0.15) is 12.8 Å². The monoisotopic (exact) mass is 338 g/mol. The molecular weight excluding hydrogens is 320 g/mol. The van der Waals surface area contributed by atoms with E-state index < -0.39 is 16.8 Å². The number of carboxylic acids is 1. The van der Waals surface area contributed by atoms with Gasteiger partial charge < -0.3 is 19.5 Å². The van der Waals surface area contributed by atoms with Crippen LogP contribution in [0.2, 0.25) is 0 Å². The van der Waals surface area contributed by atoms with Crippen molar-refractivity contribution >= 4 is 17.6 Å². The maximum Gasteiger partial charge on any atom is 0.311 e. The molecule has 2 rings (SSSR count). The third kappa shape index (κ3) is 4.12. The van der Waals surface area contributed by atoms with E-state index in [1.165, 1.54) is 25.3 Å². The van der Waals surface area contributed by atoms with Crippen molar-refractivity contribution in [3.05, 3.63) is 28.3 Å². The van der Waals surface area contributed by atoms with E-state index in [4.69, 9.17) is 14.6 Å². The lowest BCUT2D eigenvalue weighted by molar-refractivity contribution is -0.385. The van der Waals surface area contributed by atoms with E-state index in [1.807, 2.05) is 0 Å². The summed E-state index contributed by atoms with van der Waals surface area (Å²) < 4.78 is 10.3. The normalized spacial score (nSPS) is 15.0. The second-order valence-electron chi connectivity index (χ2n) is 5.37. The Labute approximate surface area is 137 Å². The number of carbonyl (C=O) groups excluding carboxylic acids is 1. The molecule has 0 saturated carbocycles. The molecule has 130 valence electrons. The Morgan fingerprint density at radius 1 is 1.38 bits per heavy atom. The average Bonchev–Trinajstić information content (AvgIpc) is 2.59. The first-order valence-corrected chi connectivity index (χ1v) is 7.38. The van der Waals surface area contributed by atoms with E-state index in [2.05, 4.69) is 0 Å². The number of benzene rings is 1. The number of rotatable bonds is 6. The van der Waals surface area contributed by atoms with Gasteiger partial charge in [-0.05, 0) is 18.9 Å². The molecule has 24 heavy (non-hydrogen) atoms. The maximum atomic E-state index is 12.1. The molecule has 0 unspecified atom stereocenters. The Balaban J connectivity index is 1.90. The summed E-state index contributed by atoms with van der Waals surface area (Å²) in [6, 6.07) is 3.99. The lowest BCUT2D eigenvalue weighted by Gasteiger charge is -2.30. The first-order chi connectivity index (χ1) is 11.4. The van der Waals surface area contributed by atoms with E-state index in [0.717, 1.165) is 0 Å². The molecule has 1 amide bonds. The van der Waals surface area contributed by atoms with Crippen molar-refractivity contribution in [3.8, 4) is 11.5 Å². The number of methoxy groups -OCH3 is 1. The maximum absolute atomic E-state index is 12.1. The number of carboxylic acid groups (broad SMARTS) is 1. The number of nitro groups is 1. The molecule has 0 atom stereocenters. The molecule has 1 saturated heterocycles. The lowest BCUT2D eigenvalue weighted by atomic mass is 9.97. The molecule has 0 aliphatic carbocycles. The van der Waals surface area contributed by atoms with Crippen molar-refractivity contribution in [2.75, 3.05) is 26.8 Å². The highest BCUT2D eigenvalue weighted by Gasteiger charge is 2.27. The highest BCUT2D eigenvalue weighted by molar-refractivity contribution is 5.78. The highest BCUT2D eigenvalue weighted by Crippen LogP contribution is 2.30. The van der Waals surface area contributed by atoms with Crippen molar-refractivity contribution in [2.24, 2.45) is 5.92 Å². The Hall–Kier alpha value is -2.84. The van der Waals surface area contributed by atoms with Gasteiger partial charge in [0.15, 0.2) is 6.61 Å². The molecule has 0 spiro atoms. The standard InChI is InChI=1S/C15H18N2O7/c1-23-13-8-11(2-3-12(13)17(21)22)24-9-14(18)16-6-4-10(5-7-16)15(19)20/h2-3,8,10H,4-7,9H2,1H3,(H,19,20). The van der Waals surface area contributed by atoms with Gasteiger partial charge >= 0.3 is 11.7 Å². The summed E-state index contributed by atoms with van der Waals surface area (Å²) in [4.78, 5) is 34.8. The number of nitrogens with zero attached hydrogens (tertiary/aromatic N) is 2. The third-order valence-electron chi connectivity index (χ3n) is 3.91. The molecule has 1 N–H and O–H groups in total. The minimum absolute atomic E-state index is 0.0484. The minimum atomic E-state index is -0.837. The fourth-order valence-corrected chi connectivity index (χ4v) is 2.51. The molecule has 1 fully saturated rings. The topological polar surface area (TPSA) is 119 Å². The van der Waals surface area contributed by atoms with E-state index in [0.29, 0.717) is 25.9 Å². The molecule has 1 aromatic carbocycles. The summed E-state index contributed by atoms with van der Waals surface area (Å²) in [5.74, 6) is -1.17. The van der Waals surface area contributed by atoms with Crippen LogP contribution in [0.15, 0.2) is 18.2 Å². The van der Waals surface area contributed by atoms with Gasteiger partial charge in [-0.25, -0.2) is 0 Å². The van der Waals surface area contributed by atoms with Crippen LogP contribution < -0.4 is 9.47 Å². The second kappa shape index (κ2) is 7.62. The van der Waals surface area contributed by atoms with E-state index >= 15 is 0 Å². The summed E-state index contributed by atoms with van der Waals surface area (Å²) in [6.07, 6.45) is 0.846. The number of ether oxygens (including phenoxy) is 2. The Kier molecular flexibility index (Phi) is 5.56. The van der Waals surface area contributed by atoms with Crippen LogP contribution in [0.3, 0.4) is 0 Å². The SMILES string of the molecule is COc1cc(OCC(=O)N2CCC(C(=O)O)CC2)ccc1[N+](=O)[O-]. The number of likely N-dealkylation sites (tertiary alicyclic amines) is 1. The Bertz CT molecular complexity index is 639. The predicted molar refractivity (Wildman–Crippen MR) is 82.1 cm³/mol. The van der Waals surface area contributed by atoms with Crippen molar-refractivity contribution in [3.63, 3.8) is 0 Å². The van der Waals surface area contributed by atoms with Crippen molar-refractivity contribution < 1.29 is 29.1 Å². The number of hydrogen-bond acceptors (Lipinski definition) is 6. The van der Waals surface area contributed by atoms with Gasteiger partial charge in [0.05, 0.1) is 18.0 Å². The lowest BCUT2D eigenvalue weighted by Crippen LogP contribution is -2.42. The molecular formula is C15H18N2O7. The first-order valence-electron chi connectivity index (χ1n) is 7.38. The van der Waals surface area contributed by atoms with E-state index in [-0.39, 0.29) is 29.7 Å². The zero-order chi connectivity index (χ0) is 17.7. The number of aliphatic carboxylic acids is 1. The minimum Gasteiger partial charge on any atom is -0.490 e. The van der Waals surface area contributed by atoms with Crippen molar-refractivity contribution in [2.45, 2.75) is 12.8 Å². The smallest absolute Gasteiger partial charge is 0.311 e. The summed E-state index contributed by atoms with van der Waals surface area (Å²) in [7, 11) is 1.31. The zero-order valence-corrected chi connectivity index (χ0v) is 13.1. The van der Waals surface area contributed by atoms with Gasteiger partial charge in [-0.1, -0.05) is 0 Å². The third-order valence-corrected chi connectivity index (χ3v) is 3.91. The molecule has 0 radical (unpaired) electrons. The fourth-order valence-electron chi connectivity index (χ4n) is 2.51. The van der Waals surface area contributed by atoms with Gasteiger partial charge in [0.25, 0.3) is 5.91 Å². The molecule has 1 aliphatic rings. The van der Waals surface area contributed by atoms with Gasteiger partial charge in [-0.3, -0.25) is 19.7 Å². The van der Waals surface area contributed by atoms with Gasteiger partial charge in [-0.2, -0.15) is 0 Å². The van der Waals surface area contributed by atoms with E-state index in [1.54, 1.807) is 4.90 Å². The predicted octanol–water partition coefficient (Wildman–Crippen LogP) is 1.31.